The molecule has 1 heterocycles. The van der Waals surface area contributed by atoms with Gasteiger partial charge in [0.1, 0.15) is 5.75 Å². The highest BCUT2D eigenvalue weighted by Gasteiger charge is 2.45. The normalized spacial score (nSPS) is 27.7. The van der Waals surface area contributed by atoms with Crippen LogP contribution in [0.1, 0.15) is 56.1 Å². The van der Waals surface area contributed by atoms with Gasteiger partial charge in [-0.25, -0.2) is 0 Å². The van der Waals surface area contributed by atoms with Crippen molar-refractivity contribution in [1.29, 1.82) is 0 Å². The van der Waals surface area contributed by atoms with Crippen LogP contribution in [0.5, 0.6) is 5.75 Å². The number of carbonyl (C=O) groups is 2. The Labute approximate surface area is 166 Å². The van der Waals surface area contributed by atoms with Gasteiger partial charge in [-0.3, -0.25) is 9.59 Å². The molecule has 0 radical (unpaired) electrons. The number of benzene rings is 1. The number of phenolic OH excluding ortho intramolecular Hbond substituents is 1. The van der Waals surface area contributed by atoms with E-state index in [9.17, 15) is 14.7 Å². The first-order valence-electron chi connectivity index (χ1n) is 10.4. The average Bonchev–Trinajstić information content (AvgIpc) is 3.00. The van der Waals surface area contributed by atoms with Crippen molar-refractivity contribution in [2.75, 3.05) is 6.61 Å². The van der Waals surface area contributed by atoms with Gasteiger partial charge in [-0.15, -0.1) is 0 Å². The van der Waals surface area contributed by atoms with E-state index in [0.717, 1.165) is 37.0 Å². The summed E-state index contributed by atoms with van der Waals surface area (Å²) in [5.41, 5.74) is 2.21. The monoisotopic (exact) mass is 386 g/mol. The van der Waals surface area contributed by atoms with Crippen LogP contribution in [0.25, 0.3) is 0 Å². The minimum absolute atomic E-state index is 0.0197. The number of amides is 2. The van der Waals surface area contributed by atoms with Gasteiger partial charge in [-0.2, -0.15) is 0 Å². The van der Waals surface area contributed by atoms with Crippen molar-refractivity contribution in [2.45, 2.75) is 76.5 Å². The van der Waals surface area contributed by atoms with E-state index in [0.29, 0.717) is 18.3 Å². The predicted octanol–water partition coefficient (Wildman–Crippen LogP) is 2.36. The fraction of sp³-hybridized carbons (Fsp3) is 0.636. The molecule has 6 heteroatoms. The average molecular weight is 386 g/mol. The fourth-order valence-corrected chi connectivity index (χ4v) is 4.73. The molecule has 3 fully saturated rings. The van der Waals surface area contributed by atoms with Gasteiger partial charge in [-0.05, 0) is 67.7 Å². The quantitative estimate of drug-likeness (QED) is 0.700. The summed E-state index contributed by atoms with van der Waals surface area (Å²) >= 11 is 0. The summed E-state index contributed by atoms with van der Waals surface area (Å²) in [7, 11) is 0. The van der Waals surface area contributed by atoms with Crippen LogP contribution in [-0.4, -0.2) is 41.7 Å². The van der Waals surface area contributed by atoms with E-state index in [1.807, 2.05) is 6.92 Å². The molecular formula is C22H30N2O4. The number of phenols is 1. The number of nitrogens with one attached hydrogen (secondary N) is 2. The molecule has 4 rings (SSSR count). The molecule has 1 unspecified atom stereocenters. The first-order chi connectivity index (χ1) is 13.4. The van der Waals surface area contributed by atoms with Crippen LogP contribution in [0.2, 0.25) is 0 Å². The van der Waals surface area contributed by atoms with Gasteiger partial charge in [0, 0.05) is 12.1 Å². The number of carbonyl (C=O) groups excluding carboxylic acids is 2. The zero-order valence-corrected chi connectivity index (χ0v) is 16.5. The predicted molar refractivity (Wildman–Crippen MR) is 105 cm³/mol. The molecule has 0 bridgehead atoms. The van der Waals surface area contributed by atoms with Gasteiger partial charge >= 0.3 is 0 Å². The number of aryl methyl sites for hydroxylation is 1. The van der Waals surface area contributed by atoms with Gasteiger partial charge in [0.15, 0.2) is 0 Å². The zero-order valence-electron chi connectivity index (χ0n) is 16.5. The van der Waals surface area contributed by atoms with E-state index < -0.39 is 0 Å². The first kappa shape index (κ1) is 19.2. The van der Waals surface area contributed by atoms with Crippen LogP contribution in [0.4, 0.5) is 0 Å². The Bertz CT molecular complexity index is 753. The third-order valence-corrected chi connectivity index (χ3v) is 6.66. The van der Waals surface area contributed by atoms with Gasteiger partial charge in [0.2, 0.25) is 11.8 Å². The highest BCUT2D eigenvalue weighted by atomic mass is 16.5. The van der Waals surface area contributed by atoms with Crippen LogP contribution in [0, 0.1) is 12.3 Å². The third-order valence-electron chi connectivity index (χ3n) is 6.66. The van der Waals surface area contributed by atoms with E-state index in [2.05, 4.69) is 10.6 Å². The van der Waals surface area contributed by atoms with Crippen LogP contribution >= 0.6 is 0 Å². The van der Waals surface area contributed by atoms with Gasteiger partial charge in [0.05, 0.1) is 25.6 Å². The maximum atomic E-state index is 12.3. The van der Waals surface area contributed by atoms with Gasteiger partial charge in [-0.1, -0.05) is 12.5 Å². The van der Waals surface area contributed by atoms with E-state index in [1.54, 1.807) is 18.2 Å². The zero-order chi connectivity index (χ0) is 19.7. The summed E-state index contributed by atoms with van der Waals surface area (Å²) in [6.07, 6.45) is 7.21. The molecule has 1 spiro atoms. The van der Waals surface area contributed by atoms with Crippen molar-refractivity contribution >= 4 is 11.8 Å². The number of hydrogen-bond donors (Lipinski definition) is 3. The van der Waals surface area contributed by atoms with Crippen LogP contribution < -0.4 is 10.6 Å². The lowest BCUT2D eigenvalue weighted by Crippen LogP contribution is -2.54. The van der Waals surface area contributed by atoms with Gasteiger partial charge in [0.25, 0.3) is 0 Å². The van der Waals surface area contributed by atoms with Crippen molar-refractivity contribution in [2.24, 2.45) is 5.41 Å². The Morgan fingerprint density at radius 3 is 2.50 bits per heavy atom. The van der Waals surface area contributed by atoms with E-state index in [1.165, 1.54) is 19.3 Å². The maximum Gasteiger partial charge on any atom is 0.224 e. The lowest BCUT2D eigenvalue weighted by Gasteiger charge is -2.37. The lowest BCUT2D eigenvalue weighted by atomic mass is 9.67. The highest BCUT2D eigenvalue weighted by Crippen LogP contribution is 2.49. The second-order valence-electron chi connectivity index (χ2n) is 8.98. The Morgan fingerprint density at radius 2 is 1.89 bits per heavy atom. The van der Waals surface area contributed by atoms with Crippen LogP contribution in [0.3, 0.4) is 0 Å². The summed E-state index contributed by atoms with van der Waals surface area (Å²) < 4.78 is 5.83. The van der Waals surface area contributed by atoms with E-state index in [-0.39, 0.29) is 35.8 Å². The molecule has 3 N–H and O–H groups in total. The Kier molecular flexibility index (Phi) is 5.32. The Hall–Kier alpha value is -2.08. The number of rotatable bonds is 6. The molecule has 1 aromatic rings. The maximum absolute atomic E-state index is 12.3. The molecular weight excluding hydrogens is 356 g/mol. The van der Waals surface area contributed by atoms with Crippen LogP contribution in [0.15, 0.2) is 18.2 Å². The number of aromatic hydroxyl groups is 1. The Morgan fingerprint density at radius 1 is 1.18 bits per heavy atom. The second-order valence-corrected chi connectivity index (χ2v) is 8.98. The molecule has 2 saturated carbocycles. The smallest absolute Gasteiger partial charge is 0.224 e. The standard InChI is InChI=1S/C22H30N2O4/c1-14-7-18(25)4-3-15(14)8-20(26)23-16-9-17(10-16)24-21(27)11-19-12-22(13-28-19)5-2-6-22/h3-4,7,16-17,19,25H,2,5-6,8-13H2,1H3,(H,23,26)(H,24,27). The fourth-order valence-electron chi connectivity index (χ4n) is 4.73. The van der Waals surface area contributed by atoms with Crippen molar-refractivity contribution in [3.63, 3.8) is 0 Å². The second kappa shape index (κ2) is 7.74. The molecule has 3 aliphatic rings. The molecule has 2 aliphatic carbocycles. The number of ether oxygens (including phenoxy) is 1. The van der Waals surface area contributed by atoms with Crippen LogP contribution in [-0.2, 0) is 20.7 Å². The largest absolute Gasteiger partial charge is 0.508 e. The summed E-state index contributed by atoms with van der Waals surface area (Å²) in [6, 6.07) is 5.32. The summed E-state index contributed by atoms with van der Waals surface area (Å²) in [5, 5.41) is 15.6. The minimum Gasteiger partial charge on any atom is -0.508 e. The van der Waals surface area contributed by atoms with Crippen molar-refractivity contribution in [3.8, 4) is 5.75 Å². The van der Waals surface area contributed by atoms with Crippen molar-refractivity contribution in [1.82, 2.24) is 10.6 Å². The molecule has 152 valence electrons. The topological polar surface area (TPSA) is 87.7 Å². The van der Waals surface area contributed by atoms with Gasteiger partial charge < -0.3 is 20.5 Å². The molecule has 2 amide bonds. The molecule has 1 aromatic carbocycles. The Balaban J connectivity index is 1.14. The van der Waals surface area contributed by atoms with E-state index >= 15 is 0 Å². The highest BCUT2D eigenvalue weighted by molar-refractivity contribution is 5.80. The third kappa shape index (κ3) is 4.32. The molecule has 1 atom stereocenters. The SMILES string of the molecule is Cc1cc(O)ccc1CC(=O)NC1CC(NC(=O)CC2CC3(CCC3)CO2)C1. The summed E-state index contributed by atoms with van der Waals surface area (Å²) in [4.78, 5) is 24.5. The summed E-state index contributed by atoms with van der Waals surface area (Å²) in [6.45, 7) is 2.71. The minimum atomic E-state index is -0.0197. The molecule has 6 nitrogen and oxygen atoms in total. The van der Waals surface area contributed by atoms with E-state index in [4.69, 9.17) is 4.74 Å². The molecule has 0 aromatic heterocycles. The number of hydrogen-bond acceptors (Lipinski definition) is 4. The van der Waals surface area contributed by atoms with Crippen molar-refractivity contribution in [3.05, 3.63) is 29.3 Å². The molecule has 1 aliphatic heterocycles. The lowest BCUT2D eigenvalue weighted by molar-refractivity contribution is -0.124. The molecule has 1 saturated heterocycles. The van der Waals surface area contributed by atoms with Crippen molar-refractivity contribution < 1.29 is 19.4 Å². The summed E-state index contributed by atoms with van der Waals surface area (Å²) in [5.74, 6) is 0.259. The molecule has 28 heavy (non-hydrogen) atoms. The first-order valence-corrected chi connectivity index (χ1v) is 10.4.